The van der Waals surface area contributed by atoms with E-state index in [1.807, 2.05) is 43.9 Å². The van der Waals surface area contributed by atoms with Crippen LogP contribution in [0, 0.1) is 5.92 Å². The largest absolute Gasteiger partial charge is 0.444 e. The molecule has 2 fully saturated rings. The van der Waals surface area contributed by atoms with Crippen LogP contribution in [0.15, 0.2) is 53.4 Å². The van der Waals surface area contributed by atoms with Crippen molar-refractivity contribution >= 4 is 45.2 Å². The molecule has 1 unspecified atom stereocenters. The number of carbonyl (C=O) groups excluding carboxylic acids is 2. The topological polar surface area (TPSA) is 108 Å². The first-order valence-electron chi connectivity index (χ1n) is 15.7. The predicted octanol–water partition coefficient (Wildman–Crippen LogP) is 5.89. The zero-order chi connectivity index (χ0) is 32.9. The lowest BCUT2D eigenvalue weighted by molar-refractivity contribution is -0.137. The number of carbonyl (C=O) groups is 2. The van der Waals surface area contributed by atoms with Crippen LogP contribution in [0.25, 0.3) is 0 Å². The van der Waals surface area contributed by atoms with Crippen molar-refractivity contribution in [2.24, 2.45) is 5.92 Å². The van der Waals surface area contributed by atoms with Crippen LogP contribution in [0.1, 0.15) is 65.9 Å². The summed E-state index contributed by atoms with van der Waals surface area (Å²) in [6.45, 7) is 10.7. The Morgan fingerprint density at radius 1 is 1.09 bits per heavy atom. The molecule has 45 heavy (non-hydrogen) atoms. The molecule has 0 aromatic heterocycles. The fourth-order valence-electron chi connectivity index (χ4n) is 6.29. The average molecular weight is 682 g/mol. The monoisotopic (exact) mass is 680 g/mol. The van der Waals surface area contributed by atoms with E-state index in [0.717, 1.165) is 19.3 Å². The number of nitrogens with one attached hydrogen (secondary N) is 2. The normalized spacial score (nSPS) is 21.8. The van der Waals surface area contributed by atoms with Crippen LogP contribution < -0.4 is 10.0 Å². The first-order valence-corrected chi connectivity index (χ1v) is 17.9. The summed E-state index contributed by atoms with van der Waals surface area (Å²) in [6, 6.07) is 13.6. The summed E-state index contributed by atoms with van der Waals surface area (Å²) in [5.41, 5.74) is 0.603. The number of nitrogens with zero attached hydrogens (tertiary/aromatic N) is 2. The van der Waals surface area contributed by atoms with E-state index in [1.54, 1.807) is 0 Å². The highest BCUT2D eigenvalue weighted by molar-refractivity contribution is 7.89. The molecule has 2 heterocycles. The SMILES string of the molecule is CC(C)C[C@H](CNS(=O)(=O)c1ccc(Cl)c(Cl)c1)N1CCC(CCc2ccccc2)N2C[C@H](NC(=O)OC(C)(C)C)C[C@H]2C1=O. The minimum atomic E-state index is -3.90. The molecular weight excluding hydrogens is 635 g/mol. The van der Waals surface area contributed by atoms with Crippen molar-refractivity contribution < 1.29 is 22.7 Å². The van der Waals surface area contributed by atoms with Gasteiger partial charge in [0, 0.05) is 37.8 Å². The Bertz CT molecular complexity index is 1430. The van der Waals surface area contributed by atoms with Crippen molar-refractivity contribution in [3.63, 3.8) is 0 Å². The summed E-state index contributed by atoms with van der Waals surface area (Å²) in [5, 5.41) is 3.41. The van der Waals surface area contributed by atoms with Gasteiger partial charge < -0.3 is 15.0 Å². The fourth-order valence-corrected chi connectivity index (χ4v) is 7.75. The van der Waals surface area contributed by atoms with Gasteiger partial charge in [-0.25, -0.2) is 17.9 Å². The molecule has 0 spiro atoms. The van der Waals surface area contributed by atoms with E-state index in [0.29, 0.717) is 25.9 Å². The van der Waals surface area contributed by atoms with Crippen LogP contribution in [0.5, 0.6) is 0 Å². The number of rotatable bonds is 11. The molecule has 9 nitrogen and oxygen atoms in total. The lowest BCUT2D eigenvalue weighted by atomic mass is 10.00. The van der Waals surface area contributed by atoms with Crippen molar-refractivity contribution in [2.45, 2.75) is 101 Å². The van der Waals surface area contributed by atoms with Gasteiger partial charge in [-0.05, 0) is 82.6 Å². The van der Waals surface area contributed by atoms with E-state index in [4.69, 9.17) is 27.9 Å². The van der Waals surface area contributed by atoms with Gasteiger partial charge in [0.1, 0.15) is 5.60 Å². The zero-order valence-electron chi connectivity index (χ0n) is 26.8. The van der Waals surface area contributed by atoms with Gasteiger partial charge in [-0.3, -0.25) is 9.69 Å². The van der Waals surface area contributed by atoms with Crippen LogP contribution in [0.2, 0.25) is 10.0 Å². The smallest absolute Gasteiger partial charge is 0.407 e. The molecule has 0 bridgehead atoms. The molecule has 4 atom stereocenters. The number of aryl methyl sites for hydroxylation is 1. The molecule has 248 valence electrons. The molecule has 0 saturated carbocycles. The van der Waals surface area contributed by atoms with Crippen LogP contribution in [0.4, 0.5) is 4.79 Å². The summed E-state index contributed by atoms with van der Waals surface area (Å²) >= 11 is 12.1. The standard InChI is InChI=1S/C33H46Cl2N4O5S/c1-22(2)17-26(20-36-45(42,43)27-13-14-28(34)29(35)19-27)38-16-15-25(12-11-23-9-7-6-8-10-23)39-21-24(18-30(39)31(38)40)37-32(41)44-33(3,4)5/h6-10,13-14,19,22,24-26,30,36H,11-12,15-18,20-21H2,1-5H3,(H,37,41)/t24-,25?,26-,30+/m1/s1. The molecule has 2 saturated heterocycles. The Morgan fingerprint density at radius 2 is 1.80 bits per heavy atom. The Hall–Kier alpha value is -2.37. The number of benzene rings is 2. The Morgan fingerprint density at radius 3 is 2.44 bits per heavy atom. The maximum absolute atomic E-state index is 14.3. The first-order chi connectivity index (χ1) is 21.1. The number of hydrogen-bond acceptors (Lipinski definition) is 6. The third-order valence-corrected chi connectivity index (χ3v) is 10.5. The predicted molar refractivity (Wildman–Crippen MR) is 178 cm³/mol. The van der Waals surface area contributed by atoms with Crippen LogP contribution in [-0.2, 0) is 26.0 Å². The number of ether oxygens (including phenoxy) is 1. The molecule has 2 aromatic carbocycles. The Kier molecular flexibility index (Phi) is 11.8. The van der Waals surface area contributed by atoms with Crippen molar-refractivity contribution in [2.75, 3.05) is 19.6 Å². The second kappa shape index (κ2) is 15.0. The number of amides is 2. The second-order valence-corrected chi connectivity index (χ2v) is 16.1. The van der Waals surface area contributed by atoms with Crippen molar-refractivity contribution in [1.82, 2.24) is 19.8 Å². The highest BCUT2D eigenvalue weighted by atomic mass is 35.5. The summed E-state index contributed by atoms with van der Waals surface area (Å²) in [5.74, 6) is 0.181. The molecular formula is C33H46Cl2N4O5S. The molecule has 2 amide bonds. The number of hydrogen-bond donors (Lipinski definition) is 2. The van der Waals surface area contributed by atoms with E-state index in [9.17, 15) is 18.0 Å². The molecule has 12 heteroatoms. The van der Waals surface area contributed by atoms with Crippen LogP contribution >= 0.6 is 23.2 Å². The number of halogens is 2. The van der Waals surface area contributed by atoms with E-state index in [-0.39, 0.29) is 51.4 Å². The maximum Gasteiger partial charge on any atom is 0.407 e. The molecule has 0 aliphatic carbocycles. The van der Waals surface area contributed by atoms with E-state index in [1.165, 1.54) is 23.8 Å². The second-order valence-electron chi connectivity index (χ2n) is 13.5. The fraction of sp³-hybridized carbons (Fsp3) is 0.576. The van der Waals surface area contributed by atoms with Gasteiger partial charge in [0.25, 0.3) is 0 Å². The molecule has 2 aliphatic rings. The number of sulfonamides is 1. The third-order valence-electron chi connectivity index (χ3n) is 8.30. The van der Waals surface area contributed by atoms with Crippen molar-refractivity contribution in [3.05, 3.63) is 64.1 Å². The summed E-state index contributed by atoms with van der Waals surface area (Å²) < 4.78 is 34.7. The summed E-state index contributed by atoms with van der Waals surface area (Å²) in [6.07, 6.45) is 3.05. The quantitative estimate of drug-likeness (QED) is 0.307. The van der Waals surface area contributed by atoms with Gasteiger partial charge in [-0.15, -0.1) is 0 Å². The minimum Gasteiger partial charge on any atom is -0.444 e. The minimum absolute atomic E-state index is 0.0152. The van der Waals surface area contributed by atoms with Crippen LogP contribution in [-0.4, -0.2) is 79.6 Å². The van der Waals surface area contributed by atoms with Crippen molar-refractivity contribution in [1.29, 1.82) is 0 Å². The van der Waals surface area contributed by atoms with E-state index >= 15 is 0 Å². The Labute approximate surface area is 278 Å². The highest BCUT2D eigenvalue weighted by Gasteiger charge is 2.46. The lowest BCUT2D eigenvalue weighted by Crippen LogP contribution is -2.51. The molecule has 4 rings (SSSR count). The highest BCUT2D eigenvalue weighted by Crippen LogP contribution is 2.32. The van der Waals surface area contributed by atoms with Gasteiger partial charge in [0.15, 0.2) is 0 Å². The van der Waals surface area contributed by atoms with Crippen molar-refractivity contribution in [3.8, 4) is 0 Å². The van der Waals surface area contributed by atoms with Gasteiger partial charge in [-0.2, -0.15) is 0 Å². The number of fused-ring (bicyclic) bond motifs is 1. The van der Waals surface area contributed by atoms with E-state index in [2.05, 4.69) is 40.9 Å². The lowest BCUT2D eigenvalue weighted by Gasteiger charge is -2.34. The summed E-state index contributed by atoms with van der Waals surface area (Å²) in [4.78, 5) is 31.1. The van der Waals surface area contributed by atoms with Gasteiger partial charge >= 0.3 is 6.09 Å². The zero-order valence-corrected chi connectivity index (χ0v) is 29.1. The van der Waals surface area contributed by atoms with E-state index < -0.39 is 27.8 Å². The summed E-state index contributed by atoms with van der Waals surface area (Å²) in [7, 11) is -3.90. The molecule has 2 N–H and O–H groups in total. The third kappa shape index (κ3) is 9.81. The molecule has 2 aromatic rings. The van der Waals surface area contributed by atoms with Gasteiger partial charge in [-0.1, -0.05) is 67.4 Å². The number of alkyl carbamates (subject to hydrolysis) is 1. The van der Waals surface area contributed by atoms with Crippen LogP contribution in [0.3, 0.4) is 0 Å². The van der Waals surface area contributed by atoms with Gasteiger partial charge in [0.2, 0.25) is 15.9 Å². The first kappa shape index (κ1) is 35.5. The molecule has 2 aliphatic heterocycles. The average Bonchev–Trinajstić information content (AvgIpc) is 3.31. The Balaban J connectivity index is 1.56. The molecule has 0 radical (unpaired) electrons. The van der Waals surface area contributed by atoms with Gasteiger partial charge in [0.05, 0.1) is 21.0 Å². The maximum atomic E-state index is 14.3.